The normalized spacial score (nSPS) is 11.0. The van der Waals surface area contributed by atoms with Crippen LogP contribution in [0, 0.1) is 0 Å². The number of hydrogen-bond acceptors (Lipinski definition) is 4. The molecular formula is C22H18F3N3O3. The molecule has 1 aromatic heterocycles. The molecule has 0 fully saturated rings. The van der Waals surface area contributed by atoms with Crippen molar-refractivity contribution in [2.24, 2.45) is 0 Å². The molecule has 31 heavy (non-hydrogen) atoms. The van der Waals surface area contributed by atoms with Gasteiger partial charge in [-0.2, -0.15) is 13.2 Å². The van der Waals surface area contributed by atoms with Gasteiger partial charge < -0.3 is 15.4 Å². The summed E-state index contributed by atoms with van der Waals surface area (Å²) in [6.45, 7) is 1.72. The smallest absolute Gasteiger partial charge is 0.417 e. The monoisotopic (exact) mass is 429 g/mol. The van der Waals surface area contributed by atoms with Crippen molar-refractivity contribution in [1.82, 2.24) is 10.3 Å². The van der Waals surface area contributed by atoms with Gasteiger partial charge in [-0.05, 0) is 48.0 Å². The third kappa shape index (κ3) is 6.30. The molecule has 9 heteroatoms. The Morgan fingerprint density at radius 1 is 0.968 bits per heavy atom. The Morgan fingerprint density at radius 2 is 1.65 bits per heavy atom. The molecule has 0 radical (unpaired) electrons. The number of nitrogens with zero attached hydrogens (tertiary/aromatic N) is 1. The van der Waals surface area contributed by atoms with E-state index in [-0.39, 0.29) is 17.7 Å². The molecule has 160 valence electrons. The van der Waals surface area contributed by atoms with Crippen LogP contribution in [-0.2, 0) is 17.5 Å². The lowest BCUT2D eigenvalue weighted by atomic mass is 10.1. The fourth-order valence-electron chi connectivity index (χ4n) is 2.60. The van der Waals surface area contributed by atoms with Crippen LogP contribution < -0.4 is 15.4 Å². The molecule has 2 amide bonds. The Hall–Kier alpha value is -3.88. The van der Waals surface area contributed by atoms with Crippen LogP contribution in [-0.4, -0.2) is 16.8 Å². The number of carbonyl (C=O) groups excluding carboxylic acids is 2. The fourth-order valence-corrected chi connectivity index (χ4v) is 2.60. The number of alkyl halides is 3. The van der Waals surface area contributed by atoms with Crippen LogP contribution in [0.2, 0.25) is 0 Å². The molecular weight excluding hydrogens is 411 g/mol. The first-order chi connectivity index (χ1) is 14.7. The van der Waals surface area contributed by atoms with Crippen LogP contribution >= 0.6 is 0 Å². The van der Waals surface area contributed by atoms with Crippen LogP contribution in [0.3, 0.4) is 0 Å². The number of nitrogens with one attached hydrogen (secondary N) is 2. The first-order valence-corrected chi connectivity index (χ1v) is 9.16. The highest BCUT2D eigenvalue weighted by Gasteiger charge is 2.30. The van der Waals surface area contributed by atoms with Crippen molar-refractivity contribution in [3.05, 3.63) is 83.6 Å². The van der Waals surface area contributed by atoms with E-state index in [1.807, 2.05) is 0 Å². The standard InChI is InChI=1S/C22H18F3N3O3/c1-14(29)28-18-7-2-15(3-8-18)12-27-21(30)16-4-9-19(10-5-16)31-20-11-6-17(13-26-20)22(23,24)25/h2-11,13H,12H2,1H3,(H,27,30)(H,28,29). The summed E-state index contributed by atoms with van der Waals surface area (Å²) in [6, 6.07) is 15.2. The minimum atomic E-state index is -4.46. The summed E-state index contributed by atoms with van der Waals surface area (Å²) in [5.41, 5.74) is 1.05. The van der Waals surface area contributed by atoms with Gasteiger partial charge in [0.1, 0.15) is 5.75 Å². The van der Waals surface area contributed by atoms with Gasteiger partial charge >= 0.3 is 6.18 Å². The number of aromatic nitrogens is 1. The average Bonchev–Trinajstić information content (AvgIpc) is 2.73. The van der Waals surface area contributed by atoms with E-state index in [1.165, 1.54) is 31.2 Å². The molecule has 0 aliphatic heterocycles. The second-order valence-electron chi connectivity index (χ2n) is 6.57. The summed E-state index contributed by atoms with van der Waals surface area (Å²) in [5.74, 6) is -0.127. The molecule has 3 rings (SSSR count). The number of halogens is 3. The van der Waals surface area contributed by atoms with Gasteiger partial charge in [-0.25, -0.2) is 4.98 Å². The Morgan fingerprint density at radius 3 is 2.19 bits per heavy atom. The number of pyridine rings is 1. The van der Waals surface area contributed by atoms with Gasteiger partial charge in [0.25, 0.3) is 5.91 Å². The largest absolute Gasteiger partial charge is 0.439 e. The van der Waals surface area contributed by atoms with Gasteiger partial charge in [0.2, 0.25) is 11.8 Å². The highest BCUT2D eigenvalue weighted by Crippen LogP contribution is 2.30. The lowest BCUT2D eigenvalue weighted by molar-refractivity contribution is -0.137. The summed E-state index contributed by atoms with van der Waals surface area (Å²) in [4.78, 5) is 27.0. The van der Waals surface area contributed by atoms with Crippen molar-refractivity contribution >= 4 is 17.5 Å². The third-order valence-corrected chi connectivity index (χ3v) is 4.13. The molecule has 0 saturated carbocycles. The van der Waals surface area contributed by atoms with Crippen molar-refractivity contribution in [1.29, 1.82) is 0 Å². The highest BCUT2D eigenvalue weighted by atomic mass is 19.4. The highest BCUT2D eigenvalue weighted by molar-refractivity contribution is 5.94. The molecule has 0 atom stereocenters. The molecule has 0 unspecified atom stereocenters. The van der Waals surface area contributed by atoms with Crippen molar-refractivity contribution in [2.75, 3.05) is 5.32 Å². The second-order valence-corrected chi connectivity index (χ2v) is 6.57. The van der Waals surface area contributed by atoms with Crippen LogP contribution in [0.5, 0.6) is 11.6 Å². The van der Waals surface area contributed by atoms with Crippen molar-refractivity contribution in [3.63, 3.8) is 0 Å². The number of benzene rings is 2. The van der Waals surface area contributed by atoms with Crippen LogP contribution in [0.4, 0.5) is 18.9 Å². The minimum Gasteiger partial charge on any atom is -0.439 e. The van der Waals surface area contributed by atoms with Gasteiger partial charge in [-0.15, -0.1) is 0 Å². The molecule has 2 aromatic carbocycles. The van der Waals surface area contributed by atoms with Gasteiger partial charge in [0, 0.05) is 37.0 Å². The summed E-state index contributed by atoms with van der Waals surface area (Å²) in [5, 5.41) is 5.44. The summed E-state index contributed by atoms with van der Waals surface area (Å²) in [7, 11) is 0. The number of ether oxygens (including phenoxy) is 1. The van der Waals surface area contributed by atoms with E-state index >= 15 is 0 Å². The molecule has 0 bridgehead atoms. The summed E-state index contributed by atoms with van der Waals surface area (Å²) in [6.07, 6.45) is -3.77. The molecule has 0 spiro atoms. The first kappa shape index (κ1) is 21.8. The number of anilines is 1. The average molecular weight is 429 g/mol. The van der Waals surface area contributed by atoms with Gasteiger partial charge in [0.05, 0.1) is 5.56 Å². The van der Waals surface area contributed by atoms with E-state index in [9.17, 15) is 22.8 Å². The van der Waals surface area contributed by atoms with E-state index in [4.69, 9.17) is 4.74 Å². The first-order valence-electron chi connectivity index (χ1n) is 9.16. The third-order valence-electron chi connectivity index (χ3n) is 4.13. The SMILES string of the molecule is CC(=O)Nc1ccc(CNC(=O)c2ccc(Oc3ccc(C(F)(F)F)cn3)cc2)cc1. The van der Waals surface area contributed by atoms with Crippen LogP contribution in [0.1, 0.15) is 28.4 Å². The van der Waals surface area contributed by atoms with Gasteiger partial charge in [-0.1, -0.05) is 12.1 Å². The Balaban J connectivity index is 1.54. The molecule has 2 N–H and O–H groups in total. The second kappa shape index (κ2) is 9.29. The maximum Gasteiger partial charge on any atom is 0.417 e. The Kier molecular flexibility index (Phi) is 6.54. The van der Waals surface area contributed by atoms with Crippen LogP contribution in [0.15, 0.2) is 66.9 Å². The quantitative estimate of drug-likeness (QED) is 0.591. The van der Waals surface area contributed by atoms with Gasteiger partial charge in [0.15, 0.2) is 0 Å². The maximum atomic E-state index is 12.6. The maximum absolute atomic E-state index is 12.6. The summed E-state index contributed by atoms with van der Waals surface area (Å²) < 4.78 is 43.1. The molecule has 3 aromatic rings. The zero-order valence-electron chi connectivity index (χ0n) is 16.4. The predicted molar refractivity (Wildman–Crippen MR) is 108 cm³/mol. The van der Waals surface area contributed by atoms with E-state index in [1.54, 1.807) is 24.3 Å². The molecule has 0 saturated heterocycles. The number of hydrogen-bond donors (Lipinski definition) is 2. The molecule has 6 nitrogen and oxygen atoms in total. The van der Waals surface area contributed by atoms with Crippen molar-refractivity contribution < 1.29 is 27.5 Å². The summed E-state index contributed by atoms with van der Waals surface area (Å²) >= 11 is 0. The van der Waals surface area contributed by atoms with E-state index < -0.39 is 11.7 Å². The number of amides is 2. The van der Waals surface area contributed by atoms with Crippen molar-refractivity contribution in [3.8, 4) is 11.6 Å². The lowest BCUT2D eigenvalue weighted by Crippen LogP contribution is -2.22. The number of carbonyl (C=O) groups is 2. The topological polar surface area (TPSA) is 80.3 Å². The molecule has 0 aliphatic rings. The van der Waals surface area contributed by atoms with E-state index in [0.717, 1.165) is 17.7 Å². The molecule has 1 heterocycles. The molecule has 0 aliphatic carbocycles. The van der Waals surface area contributed by atoms with E-state index in [0.29, 0.717) is 29.7 Å². The van der Waals surface area contributed by atoms with E-state index in [2.05, 4.69) is 15.6 Å². The lowest BCUT2D eigenvalue weighted by Gasteiger charge is -2.09. The predicted octanol–water partition coefficient (Wildman–Crippen LogP) is 4.78. The zero-order valence-corrected chi connectivity index (χ0v) is 16.4. The van der Waals surface area contributed by atoms with Crippen molar-refractivity contribution in [2.45, 2.75) is 19.6 Å². The van der Waals surface area contributed by atoms with Gasteiger partial charge in [-0.3, -0.25) is 9.59 Å². The Bertz CT molecular complexity index is 1050. The number of rotatable bonds is 6. The zero-order chi connectivity index (χ0) is 22.4. The van der Waals surface area contributed by atoms with Crippen LogP contribution in [0.25, 0.3) is 0 Å². The Labute approximate surface area is 176 Å². The minimum absolute atomic E-state index is 0.00733. The fraction of sp³-hybridized carbons (Fsp3) is 0.136.